The van der Waals surface area contributed by atoms with Crippen LogP contribution in [0.3, 0.4) is 0 Å². The number of hydrogen-bond acceptors (Lipinski definition) is 5. The molecule has 0 bridgehead atoms. The summed E-state index contributed by atoms with van der Waals surface area (Å²) < 4.78 is 2.07. The lowest BCUT2D eigenvalue weighted by Crippen LogP contribution is -2.29. The number of anilines is 1. The first kappa shape index (κ1) is 17.0. The molecule has 1 unspecified atom stereocenters. The van der Waals surface area contributed by atoms with Gasteiger partial charge in [0.1, 0.15) is 11.6 Å². The van der Waals surface area contributed by atoms with Crippen LogP contribution in [0.5, 0.6) is 0 Å². The minimum absolute atomic E-state index is 0.501. The molecule has 1 aromatic carbocycles. The number of fused-ring (bicyclic) bond motifs is 1. The maximum atomic E-state index is 4.66. The van der Waals surface area contributed by atoms with Gasteiger partial charge in [0.2, 0.25) is 0 Å². The summed E-state index contributed by atoms with van der Waals surface area (Å²) in [7, 11) is 0. The van der Waals surface area contributed by atoms with E-state index in [4.69, 9.17) is 0 Å². The lowest BCUT2D eigenvalue weighted by atomic mass is 9.96. The smallest absolute Gasteiger partial charge is 0.129 e. The average molecular weight is 350 g/mol. The average Bonchev–Trinajstić information content (AvgIpc) is 3.09. The van der Waals surface area contributed by atoms with E-state index >= 15 is 0 Å². The monoisotopic (exact) mass is 350 g/mol. The SMILES string of the molecule is Cc1nc(NCCCn2ncc3ccccc32)cc(C2CCCNC2)n1. The summed E-state index contributed by atoms with van der Waals surface area (Å²) in [6.07, 6.45) is 5.35. The van der Waals surface area contributed by atoms with E-state index in [-0.39, 0.29) is 0 Å². The second-order valence-corrected chi connectivity index (χ2v) is 6.98. The molecule has 26 heavy (non-hydrogen) atoms. The number of aromatic nitrogens is 4. The van der Waals surface area contributed by atoms with Crippen molar-refractivity contribution in [2.24, 2.45) is 0 Å². The number of benzene rings is 1. The third-order valence-corrected chi connectivity index (χ3v) is 4.98. The largest absolute Gasteiger partial charge is 0.370 e. The molecule has 1 atom stereocenters. The Kier molecular flexibility index (Phi) is 5.11. The van der Waals surface area contributed by atoms with E-state index in [1.807, 2.05) is 19.2 Å². The van der Waals surface area contributed by atoms with Gasteiger partial charge >= 0.3 is 0 Å². The van der Waals surface area contributed by atoms with Crippen molar-refractivity contribution in [3.05, 3.63) is 48.0 Å². The number of aryl methyl sites for hydroxylation is 2. The number of rotatable bonds is 6. The summed E-state index contributed by atoms with van der Waals surface area (Å²) in [5.41, 5.74) is 2.35. The van der Waals surface area contributed by atoms with Crippen molar-refractivity contribution in [1.82, 2.24) is 25.1 Å². The van der Waals surface area contributed by atoms with E-state index in [1.54, 1.807) is 0 Å². The van der Waals surface area contributed by atoms with Crippen LogP contribution in [0.1, 0.15) is 36.7 Å². The Labute approximate surface area is 154 Å². The molecule has 4 rings (SSSR count). The minimum atomic E-state index is 0.501. The van der Waals surface area contributed by atoms with E-state index in [9.17, 15) is 0 Å². The van der Waals surface area contributed by atoms with Crippen LogP contribution in [0.4, 0.5) is 5.82 Å². The molecule has 0 spiro atoms. The van der Waals surface area contributed by atoms with E-state index in [2.05, 4.69) is 54.6 Å². The molecule has 1 aliphatic heterocycles. The van der Waals surface area contributed by atoms with Crippen molar-refractivity contribution in [3.8, 4) is 0 Å². The Morgan fingerprint density at radius 1 is 1.27 bits per heavy atom. The third-order valence-electron chi connectivity index (χ3n) is 4.98. The minimum Gasteiger partial charge on any atom is -0.370 e. The van der Waals surface area contributed by atoms with Gasteiger partial charge < -0.3 is 10.6 Å². The van der Waals surface area contributed by atoms with Crippen LogP contribution in [0.25, 0.3) is 10.9 Å². The second kappa shape index (κ2) is 7.83. The van der Waals surface area contributed by atoms with Gasteiger partial charge in [-0.05, 0) is 38.8 Å². The standard InChI is InChI=1S/C20H26N6/c1-15-24-18(16-7-4-9-21-13-16)12-20(25-15)22-10-5-11-26-19-8-3-2-6-17(19)14-23-26/h2-3,6,8,12,14,16,21H,4-5,7,9-11,13H2,1H3,(H,22,24,25). The van der Waals surface area contributed by atoms with Gasteiger partial charge in [-0.25, -0.2) is 9.97 Å². The van der Waals surface area contributed by atoms with Crippen LogP contribution in [0, 0.1) is 6.92 Å². The molecular formula is C20H26N6. The first-order valence-electron chi connectivity index (χ1n) is 9.50. The topological polar surface area (TPSA) is 67.7 Å². The Morgan fingerprint density at radius 3 is 3.08 bits per heavy atom. The quantitative estimate of drug-likeness (QED) is 0.669. The van der Waals surface area contributed by atoms with Gasteiger partial charge in [0.05, 0.1) is 17.4 Å². The third kappa shape index (κ3) is 3.85. The first-order chi connectivity index (χ1) is 12.8. The molecule has 6 heteroatoms. The van der Waals surface area contributed by atoms with Crippen LogP contribution in [-0.4, -0.2) is 39.4 Å². The summed E-state index contributed by atoms with van der Waals surface area (Å²) in [5, 5.41) is 12.6. The number of nitrogens with one attached hydrogen (secondary N) is 2. The van der Waals surface area contributed by atoms with Gasteiger partial charge in [-0.2, -0.15) is 5.10 Å². The zero-order valence-corrected chi connectivity index (χ0v) is 15.3. The highest BCUT2D eigenvalue weighted by molar-refractivity contribution is 5.78. The zero-order chi connectivity index (χ0) is 17.8. The Hall–Kier alpha value is -2.47. The predicted octanol–water partition coefficient (Wildman–Crippen LogP) is 3.10. The summed E-state index contributed by atoms with van der Waals surface area (Å²) in [6.45, 7) is 5.87. The maximum Gasteiger partial charge on any atom is 0.129 e. The van der Waals surface area contributed by atoms with E-state index in [1.165, 1.54) is 23.7 Å². The highest BCUT2D eigenvalue weighted by Crippen LogP contribution is 2.23. The lowest BCUT2D eigenvalue weighted by Gasteiger charge is -2.22. The summed E-state index contributed by atoms with van der Waals surface area (Å²) >= 11 is 0. The Bertz CT molecular complexity index is 866. The van der Waals surface area contributed by atoms with Gasteiger partial charge in [0, 0.05) is 37.0 Å². The lowest BCUT2D eigenvalue weighted by molar-refractivity contribution is 0.453. The van der Waals surface area contributed by atoms with Gasteiger partial charge in [-0.3, -0.25) is 4.68 Å². The fourth-order valence-electron chi connectivity index (χ4n) is 3.64. The van der Waals surface area contributed by atoms with Crippen LogP contribution in [0.15, 0.2) is 36.5 Å². The highest BCUT2D eigenvalue weighted by atomic mass is 15.3. The molecule has 0 saturated carbocycles. The fourth-order valence-corrected chi connectivity index (χ4v) is 3.64. The molecule has 3 aromatic rings. The predicted molar refractivity (Wildman–Crippen MR) is 104 cm³/mol. The fraction of sp³-hybridized carbons (Fsp3) is 0.450. The van der Waals surface area contributed by atoms with Gasteiger partial charge in [-0.1, -0.05) is 18.2 Å². The van der Waals surface area contributed by atoms with Crippen molar-refractivity contribution in [1.29, 1.82) is 0 Å². The Morgan fingerprint density at radius 2 is 2.19 bits per heavy atom. The second-order valence-electron chi connectivity index (χ2n) is 6.98. The molecule has 0 aliphatic carbocycles. The van der Waals surface area contributed by atoms with Crippen molar-refractivity contribution in [3.63, 3.8) is 0 Å². The molecule has 0 radical (unpaired) electrons. The van der Waals surface area contributed by atoms with Gasteiger partial charge in [-0.15, -0.1) is 0 Å². The molecule has 3 heterocycles. The van der Waals surface area contributed by atoms with Crippen molar-refractivity contribution in [2.45, 2.75) is 38.6 Å². The molecule has 2 N–H and O–H groups in total. The van der Waals surface area contributed by atoms with Crippen LogP contribution >= 0.6 is 0 Å². The molecule has 2 aromatic heterocycles. The normalized spacial score (nSPS) is 17.5. The Balaban J connectivity index is 1.35. The summed E-state index contributed by atoms with van der Waals surface area (Å²) in [5.74, 6) is 2.28. The molecule has 0 amide bonds. The van der Waals surface area contributed by atoms with E-state index in [0.717, 1.165) is 49.9 Å². The van der Waals surface area contributed by atoms with Gasteiger partial charge in [0.15, 0.2) is 0 Å². The van der Waals surface area contributed by atoms with Crippen LogP contribution in [-0.2, 0) is 6.54 Å². The maximum absolute atomic E-state index is 4.66. The molecule has 1 aliphatic rings. The summed E-state index contributed by atoms with van der Waals surface area (Å²) in [6, 6.07) is 10.4. The van der Waals surface area contributed by atoms with Crippen LogP contribution in [0.2, 0.25) is 0 Å². The number of para-hydroxylation sites is 1. The molecule has 6 nitrogen and oxygen atoms in total. The number of nitrogens with zero attached hydrogens (tertiary/aromatic N) is 4. The zero-order valence-electron chi connectivity index (χ0n) is 15.3. The first-order valence-corrected chi connectivity index (χ1v) is 9.50. The molecule has 136 valence electrons. The number of hydrogen-bond donors (Lipinski definition) is 2. The highest BCUT2D eigenvalue weighted by Gasteiger charge is 2.17. The van der Waals surface area contributed by atoms with Crippen molar-refractivity contribution >= 4 is 16.7 Å². The molecule has 1 fully saturated rings. The van der Waals surface area contributed by atoms with E-state index in [0.29, 0.717) is 5.92 Å². The van der Waals surface area contributed by atoms with Crippen molar-refractivity contribution in [2.75, 3.05) is 25.0 Å². The summed E-state index contributed by atoms with van der Waals surface area (Å²) in [4.78, 5) is 9.20. The molecule has 1 saturated heterocycles. The molecular weight excluding hydrogens is 324 g/mol. The van der Waals surface area contributed by atoms with E-state index < -0.39 is 0 Å². The number of piperidine rings is 1. The van der Waals surface area contributed by atoms with Crippen molar-refractivity contribution < 1.29 is 0 Å². The van der Waals surface area contributed by atoms with Crippen LogP contribution < -0.4 is 10.6 Å². The van der Waals surface area contributed by atoms with Gasteiger partial charge in [0.25, 0.3) is 0 Å².